The van der Waals surface area contributed by atoms with Crippen LogP contribution in [0.5, 0.6) is 0 Å². The fraction of sp³-hybridized carbons (Fsp3) is 0.517. The van der Waals surface area contributed by atoms with Gasteiger partial charge in [-0.3, -0.25) is 14.4 Å². The highest BCUT2D eigenvalue weighted by Crippen LogP contribution is 2.40. The smallest absolute Gasteiger partial charge is 0.253 e. The highest BCUT2D eigenvalue weighted by molar-refractivity contribution is 6.37. The number of pyridine rings is 1. The summed E-state index contributed by atoms with van der Waals surface area (Å²) in [7, 11) is 0. The van der Waals surface area contributed by atoms with Crippen LogP contribution < -0.4 is 21.3 Å². The number of aromatic nitrogens is 1. The molecule has 2 aliphatic heterocycles. The first-order valence-electron chi connectivity index (χ1n) is 13.7. The van der Waals surface area contributed by atoms with Gasteiger partial charge in [-0.05, 0) is 82.6 Å². The van der Waals surface area contributed by atoms with Gasteiger partial charge in [0.05, 0.1) is 21.8 Å². The van der Waals surface area contributed by atoms with E-state index < -0.39 is 5.91 Å². The molecule has 4 N–H and O–H groups in total. The number of Topliss-reactive ketones (excluding diaryl/α,β-unsaturated/α-hetero) is 1. The van der Waals surface area contributed by atoms with E-state index in [1.165, 1.54) is 0 Å². The van der Waals surface area contributed by atoms with Crippen molar-refractivity contribution < 1.29 is 14.4 Å². The molecular weight excluding hydrogens is 502 g/mol. The second kappa shape index (κ2) is 10.6. The van der Waals surface area contributed by atoms with Gasteiger partial charge in [-0.15, -0.1) is 0 Å². The lowest BCUT2D eigenvalue weighted by Gasteiger charge is -2.40. The van der Waals surface area contributed by atoms with Gasteiger partial charge < -0.3 is 21.3 Å². The largest absolute Gasteiger partial charge is 0.381 e. The Bertz CT molecular complexity index is 1250. The van der Waals surface area contributed by atoms with Gasteiger partial charge in [-0.25, -0.2) is 4.98 Å². The van der Waals surface area contributed by atoms with Crippen LogP contribution in [0.2, 0.25) is 5.02 Å². The Hall–Kier alpha value is -3.13. The van der Waals surface area contributed by atoms with Crippen LogP contribution in [0.15, 0.2) is 24.4 Å². The number of hydrogen-bond donors (Lipinski definition) is 3. The lowest BCUT2D eigenvalue weighted by Crippen LogP contribution is -2.51. The molecule has 9 heteroatoms. The first-order valence-corrected chi connectivity index (χ1v) is 14.0. The van der Waals surface area contributed by atoms with Crippen molar-refractivity contribution in [3.8, 4) is 0 Å². The monoisotopic (exact) mass is 537 g/mol. The summed E-state index contributed by atoms with van der Waals surface area (Å²) in [6.45, 7) is 5.78. The summed E-state index contributed by atoms with van der Waals surface area (Å²) in [4.78, 5) is 45.0. The number of nitrogens with one attached hydrogen (secondary N) is 2. The van der Waals surface area contributed by atoms with Gasteiger partial charge in [0.15, 0.2) is 5.78 Å². The van der Waals surface area contributed by atoms with Crippen LogP contribution in [-0.2, 0) is 0 Å². The molecule has 0 radical (unpaired) electrons. The molecular formula is C29H36ClN5O3. The van der Waals surface area contributed by atoms with Gasteiger partial charge in [-0.2, -0.15) is 0 Å². The van der Waals surface area contributed by atoms with Gasteiger partial charge >= 0.3 is 0 Å². The van der Waals surface area contributed by atoms with Crippen molar-refractivity contribution in [3.63, 3.8) is 0 Å². The third-order valence-electron chi connectivity index (χ3n) is 8.27. The quantitative estimate of drug-likeness (QED) is 0.393. The van der Waals surface area contributed by atoms with Crippen molar-refractivity contribution >= 4 is 40.7 Å². The molecule has 1 saturated carbocycles. The van der Waals surface area contributed by atoms with Gasteiger partial charge in [0.1, 0.15) is 5.82 Å². The minimum Gasteiger partial charge on any atom is -0.381 e. The topological polar surface area (TPSA) is 117 Å². The van der Waals surface area contributed by atoms with Crippen molar-refractivity contribution in [2.24, 2.45) is 11.7 Å². The number of fused-ring (bicyclic) bond motifs is 2. The fourth-order valence-corrected chi connectivity index (χ4v) is 6.32. The standard InChI is InChI=1S/C29H36ClN5O3/c1-4-16(3)33-26-22(28(31)37)11-15(2)24(25(26)30)29(38)34-19-12-20-8-9-21(13-19)35(20)23-10-7-18(14-32-23)27(36)17-5-6-17/h7,10-11,14,16-17,19-21,33H,4-6,8-9,12-13H2,1-3H3,(H2,31,37)(H,34,38)/t16-,19-,20+,21-/m1/s1. The van der Waals surface area contributed by atoms with Crippen LogP contribution >= 0.6 is 11.6 Å². The average Bonchev–Trinajstić information content (AvgIpc) is 3.70. The Morgan fingerprint density at radius 2 is 1.84 bits per heavy atom. The Kier molecular flexibility index (Phi) is 7.36. The van der Waals surface area contributed by atoms with Crippen LogP contribution in [0, 0.1) is 12.8 Å². The summed E-state index contributed by atoms with van der Waals surface area (Å²) in [5.41, 5.74) is 7.99. The minimum atomic E-state index is -0.588. The van der Waals surface area contributed by atoms with Gasteiger partial charge in [0, 0.05) is 41.8 Å². The second-order valence-corrected chi connectivity index (χ2v) is 11.5. The molecule has 1 aromatic carbocycles. The molecule has 0 unspecified atom stereocenters. The van der Waals surface area contributed by atoms with Crippen molar-refractivity contribution in [1.29, 1.82) is 0 Å². The third kappa shape index (κ3) is 5.10. The molecule has 3 aliphatic rings. The third-order valence-corrected chi connectivity index (χ3v) is 8.65. The predicted molar refractivity (Wildman–Crippen MR) is 149 cm³/mol. The van der Waals surface area contributed by atoms with Crippen molar-refractivity contribution in [1.82, 2.24) is 10.3 Å². The number of ketones is 1. The summed E-state index contributed by atoms with van der Waals surface area (Å²) in [6, 6.07) is 6.12. The number of nitrogens with two attached hydrogens (primary N) is 1. The van der Waals surface area contributed by atoms with E-state index >= 15 is 0 Å². The van der Waals surface area contributed by atoms with E-state index in [-0.39, 0.29) is 52.4 Å². The normalized spacial score (nSPS) is 23.2. The Labute approximate surface area is 228 Å². The highest BCUT2D eigenvalue weighted by atomic mass is 35.5. The van der Waals surface area contributed by atoms with Crippen LogP contribution in [-0.4, -0.2) is 46.7 Å². The Balaban J connectivity index is 1.30. The molecule has 1 aliphatic carbocycles. The first-order chi connectivity index (χ1) is 18.2. The van der Waals surface area contributed by atoms with Gasteiger partial charge in [-0.1, -0.05) is 18.5 Å². The molecule has 2 aromatic rings. The van der Waals surface area contributed by atoms with Crippen LogP contribution in [0.1, 0.15) is 95.4 Å². The zero-order valence-electron chi connectivity index (χ0n) is 22.2. The summed E-state index contributed by atoms with van der Waals surface area (Å²) >= 11 is 6.74. The molecule has 202 valence electrons. The molecule has 3 fully saturated rings. The summed E-state index contributed by atoms with van der Waals surface area (Å²) < 4.78 is 0. The Morgan fingerprint density at radius 1 is 1.16 bits per heavy atom. The van der Waals surface area contributed by atoms with E-state index in [0.717, 1.165) is 50.8 Å². The van der Waals surface area contributed by atoms with Crippen molar-refractivity contribution in [3.05, 3.63) is 51.7 Å². The second-order valence-electron chi connectivity index (χ2n) is 11.1. The maximum Gasteiger partial charge on any atom is 0.253 e. The van der Waals surface area contributed by atoms with E-state index in [1.54, 1.807) is 19.2 Å². The van der Waals surface area contributed by atoms with Crippen LogP contribution in [0.3, 0.4) is 0 Å². The van der Waals surface area contributed by atoms with Gasteiger partial charge in [0.2, 0.25) is 0 Å². The molecule has 4 atom stereocenters. The zero-order valence-corrected chi connectivity index (χ0v) is 23.0. The molecule has 5 rings (SSSR count). The maximum atomic E-state index is 13.5. The number of primary amides is 1. The number of piperidine rings is 1. The molecule has 3 heterocycles. The first kappa shape index (κ1) is 26.5. The number of halogens is 1. The van der Waals surface area contributed by atoms with Gasteiger partial charge in [0.25, 0.3) is 11.8 Å². The average molecular weight is 538 g/mol. The predicted octanol–water partition coefficient (Wildman–Crippen LogP) is 4.88. The van der Waals surface area contributed by atoms with Crippen LogP contribution in [0.25, 0.3) is 0 Å². The molecule has 2 amide bonds. The van der Waals surface area contributed by atoms with Crippen molar-refractivity contribution in [2.45, 2.75) is 89.9 Å². The number of nitrogens with zero attached hydrogens (tertiary/aromatic N) is 2. The molecule has 0 spiro atoms. The zero-order chi connectivity index (χ0) is 27.1. The van der Waals surface area contributed by atoms with E-state index in [1.807, 2.05) is 26.0 Å². The number of anilines is 2. The molecule has 2 bridgehead atoms. The van der Waals surface area contributed by atoms with Crippen molar-refractivity contribution in [2.75, 3.05) is 10.2 Å². The fourth-order valence-electron chi connectivity index (χ4n) is 5.93. The Morgan fingerprint density at radius 3 is 2.39 bits per heavy atom. The van der Waals surface area contributed by atoms with E-state index in [0.29, 0.717) is 22.4 Å². The molecule has 1 aromatic heterocycles. The summed E-state index contributed by atoms with van der Waals surface area (Å²) in [5, 5.41) is 6.70. The number of carbonyl (C=O) groups excluding carboxylic acids is 3. The number of amides is 2. The van der Waals surface area contributed by atoms with E-state index in [2.05, 4.69) is 20.5 Å². The molecule has 2 saturated heterocycles. The molecule has 38 heavy (non-hydrogen) atoms. The summed E-state index contributed by atoms with van der Waals surface area (Å²) in [6.07, 6.45) is 8.20. The lowest BCUT2D eigenvalue weighted by molar-refractivity contribution is 0.0923. The number of rotatable bonds is 9. The number of aryl methyl sites for hydroxylation is 1. The van der Waals surface area contributed by atoms with E-state index in [9.17, 15) is 14.4 Å². The number of carbonyl (C=O) groups is 3. The number of hydrogen-bond acceptors (Lipinski definition) is 6. The highest BCUT2D eigenvalue weighted by Gasteiger charge is 2.42. The SMILES string of the molecule is CC[C@@H](C)Nc1c(C(N)=O)cc(C)c(C(=O)N[C@H]2C[C@H]3CC[C@@H](C2)N3c2ccc(C(=O)C3CC3)cn2)c1Cl. The number of benzene rings is 1. The minimum absolute atomic E-state index is 0.00391. The summed E-state index contributed by atoms with van der Waals surface area (Å²) in [5.74, 6) is 0.458. The maximum absolute atomic E-state index is 13.5. The van der Waals surface area contributed by atoms with Crippen LogP contribution in [0.4, 0.5) is 11.5 Å². The lowest BCUT2D eigenvalue weighted by atomic mass is 9.95. The van der Waals surface area contributed by atoms with E-state index in [4.69, 9.17) is 17.3 Å². The molecule has 8 nitrogen and oxygen atoms in total.